The lowest BCUT2D eigenvalue weighted by atomic mass is 9.90. The SMILES string of the molecule is C=CC(=O)C(CC)C(=O)C=C(c1ccc(N(C)C)cc1)c1ccc(N(C)C)cc1. The second kappa shape index (κ2) is 9.87. The molecule has 0 saturated carbocycles. The van der Waals surface area contributed by atoms with Crippen molar-refractivity contribution in [3.8, 4) is 0 Å². The van der Waals surface area contributed by atoms with Gasteiger partial charge in [0.25, 0.3) is 0 Å². The van der Waals surface area contributed by atoms with E-state index in [9.17, 15) is 9.59 Å². The number of rotatable bonds is 9. The maximum atomic E-state index is 12.9. The molecule has 0 heterocycles. The summed E-state index contributed by atoms with van der Waals surface area (Å²) in [6.45, 7) is 5.37. The average Bonchev–Trinajstić information content (AvgIpc) is 2.72. The molecule has 0 fully saturated rings. The first-order valence-corrected chi connectivity index (χ1v) is 9.75. The molecule has 0 aliphatic carbocycles. The highest BCUT2D eigenvalue weighted by Crippen LogP contribution is 2.28. The number of hydrogen-bond donors (Lipinski definition) is 0. The summed E-state index contributed by atoms with van der Waals surface area (Å²) in [6.07, 6.45) is 3.29. The Balaban J connectivity index is 2.53. The molecule has 0 spiro atoms. The van der Waals surface area contributed by atoms with Crippen LogP contribution in [0.1, 0.15) is 24.5 Å². The molecule has 0 bridgehead atoms. The quantitative estimate of drug-likeness (QED) is 0.463. The van der Waals surface area contributed by atoms with Crippen molar-refractivity contribution < 1.29 is 9.59 Å². The van der Waals surface area contributed by atoms with E-state index in [0.717, 1.165) is 28.1 Å². The van der Waals surface area contributed by atoms with Gasteiger partial charge in [0.2, 0.25) is 0 Å². The molecule has 0 saturated heterocycles. The molecule has 152 valence electrons. The minimum Gasteiger partial charge on any atom is -0.378 e. The second-order valence-electron chi connectivity index (χ2n) is 7.41. The third-order valence-corrected chi connectivity index (χ3v) is 4.97. The van der Waals surface area contributed by atoms with Gasteiger partial charge in [0, 0.05) is 39.6 Å². The van der Waals surface area contributed by atoms with Crippen LogP contribution in [0.5, 0.6) is 0 Å². The van der Waals surface area contributed by atoms with Gasteiger partial charge in [-0.3, -0.25) is 9.59 Å². The zero-order valence-corrected chi connectivity index (χ0v) is 18.0. The van der Waals surface area contributed by atoms with Gasteiger partial charge in [-0.2, -0.15) is 0 Å². The van der Waals surface area contributed by atoms with Gasteiger partial charge in [0.1, 0.15) is 0 Å². The van der Waals surface area contributed by atoms with Crippen LogP contribution in [0.3, 0.4) is 0 Å². The van der Waals surface area contributed by atoms with Gasteiger partial charge >= 0.3 is 0 Å². The van der Waals surface area contributed by atoms with Crippen LogP contribution in [0.25, 0.3) is 5.57 Å². The van der Waals surface area contributed by atoms with Gasteiger partial charge in [-0.05, 0) is 59.5 Å². The smallest absolute Gasteiger partial charge is 0.167 e. The lowest BCUT2D eigenvalue weighted by Crippen LogP contribution is -2.20. The molecule has 1 unspecified atom stereocenters. The van der Waals surface area contributed by atoms with Gasteiger partial charge in [0.05, 0.1) is 5.92 Å². The molecule has 0 aliphatic rings. The molecule has 0 amide bonds. The standard InChI is InChI=1S/C25H30N2O2/c1-7-22(24(28)8-2)25(29)17-23(18-9-13-20(14-10-18)26(3)4)19-11-15-21(16-12-19)27(5)6/h8-17,22H,2,7H2,1,3-6H3. The molecule has 0 radical (unpaired) electrons. The van der Waals surface area contributed by atoms with Crippen LogP contribution < -0.4 is 9.80 Å². The largest absolute Gasteiger partial charge is 0.378 e. The van der Waals surface area contributed by atoms with E-state index in [-0.39, 0.29) is 11.6 Å². The zero-order chi connectivity index (χ0) is 21.6. The van der Waals surface area contributed by atoms with Crippen molar-refractivity contribution in [2.45, 2.75) is 13.3 Å². The lowest BCUT2D eigenvalue weighted by Gasteiger charge is -2.16. The van der Waals surface area contributed by atoms with E-state index in [2.05, 4.69) is 6.58 Å². The molecule has 29 heavy (non-hydrogen) atoms. The number of anilines is 2. The molecule has 4 nitrogen and oxygen atoms in total. The van der Waals surface area contributed by atoms with E-state index < -0.39 is 5.92 Å². The van der Waals surface area contributed by atoms with Crippen LogP contribution in [-0.2, 0) is 9.59 Å². The Morgan fingerprint density at radius 1 is 0.828 bits per heavy atom. The fourth-order valence-electron chi connectivity index (χ4n) is 3.14. The number of carbonyl (C=O) groups excluding carboxylic acids is 2. The Morgan fingerprint density at radius 3 is 1.55 bits per heavy atom. The van der Waals surface area contributed by atoms with Gasteiger partial charge in [-0.25, -0.2) is 0 Å². The third-order valence-electron chi connectivity index (χ3n) is 4.97. The Kier molecular flexibility index (Phi) is 7.54. The summed E-state index contributed by atoms with van der Waals surface area (Å²) in [7, 11) is 7.95. The highest BCUT2D eigenvalue weighted by molar-refractivity contribution is 6.14. The van der Waals surface area contributed by atoms with E-state index in [1.807, 2.05) is 93.4 Å². The van der Waals surface area contributed by atoms with Crippen LogP contribution in [-0.4, -0.2) is 39.8 Å². The van der Waals surface area contributed by atoms with Crippen molar-refractivity contribution in [3.05, 3.63) is 78.4 Å². The highest BCUT2D eigenvalue weighted by atomic mass is 16.1. The second-order valence-corrected chi connectivity index (χ2v) is 7.41. The van der Waals surface area contributed by atoms with Crippen LogP contribution >= 0.6 is 0 Å². The Bertz CT molecular complexity index is 838. The van der Waals surface area contributed by atoms with E-state index in [4.69, 9.17) is 0 Å². The summed E-state index contributed by atoms with van der Waals surface area (Å²) in [5, 5.41) is 0. The predicted octanol–water partition coefficient (Wildman–Crippen LogP) is 4.60. The Labute approximate surface area is 174 Å². The Hall–Kier alpha value is -3.14. The summed E-state index contributed by atoms with van der Waals surface area (Å²) in [5.74, 6) is -1.12. The summed E-state index contributed by atoms with van der Waals surface area (Å²) >= 11 is 0. The first-order valence-electron chi connectivity index (χ1n) is 9.75. The first kappa shape index (κ1) is 22.2. The predicted molar refractivity (Wildman–Crippen MR) is 123 cm³/mol. The van der Waals surface area contributed by atoms with E-state index in [0.29, 0.717) is 6.42 Å². The number of allylic oxidation sites excluding steroid dienone is 2. The molecule has 2 aromatic rings. The van der Waals surface area contributed by atoms with Crippen LogP contribution in [0.4, 0.5) is 11.4 Å². The molecule has 0 N–H and O–H groups in total. The summed E-state index contributed by atoms with van der Waals surface area (Å²) in [5.41, 5.74) is 4.83. The van der Waals surface area contributed by atoms with Crippen LogP contribution in [0.2, 0.25) is 0 Å². The van der Waals surface area contributed by atoms with Gasteiger partial charge in [0.15, 0.2) is 11.6 Å². The molecule has 2 rings (SSSR count). The van der Waals surface area contributed by atoms with Crippen molar-refractivity contribution >= 4 is 28.5 Å². The van der Waals surface area contributed by atoms with Gasteiger partial charge in [-0.1, -0.05) is 37.8 Å². The van der Waals surface area contributed by atoms with Crippen LogP contribution in [0.15, 0.2) is 67.3 Å². The maximum absolute atomic E-state index is 12.9. The van der Waals surface area contributed by atoms with Crippen molar-refractivity contribution in [2.75, 3.05) is 38.0 Å². The molecule has 4 heteroatoms. The highest BCUT2D eigenvalue weighted by Gasteiger charge is 2.21. The van der Waals surface area contributed by atoms with Crippen LogP contribution in [0, 0.1) is 5.92 Å². The molecular weight excluding hydrogens is 360 g/mol. The minimum absolute atomic E-state index is 0.194. The zero-order valence-electron chi connectivity index (χ0n) is 18.0. The van der Waals surface area contributed by atoms with E-state index in [1.54, 1.807) is 6.08 Å². The fraction of sp³-hybridized carbons (Fsp3) is 0.280. The van der Waals surface area contributed by atoms with E-state index in [1.165, 1.54) is 6.08 Å². The lowest BCUT2D eigenvalue weighted by molar-refractivity contribution is -0.127. The van der Waals surface area contributed by atoms with Crippen molar-refractivity contribution in [3.63, 3.8) is 0 Å². The minimum atomic E-state index is -0.690. The first-order chi connectivity index (χ1) is 13.8. The fourth-order valence-corrected chi connectivity index (χ4v) is 3.14. The normalized spacial score (nSPS) is 11.3. The number of benzene rings is 2. The molecule has 0 aliphatic heterocycles. The topological polar surface area (TPSA) is 40.6 Å². The van der Waals surface area contributed by atoms with Gasteiger partial charge < -0.3 is 9.80 Å². The average molecular weight is 391 g/mol. The van der Waals surface area contributed by atoms with E-state index >= 15 is 0 Å². The van der Waals surface area contributed by atoms with Gasteiger partial charge in [-0.15, -0.1) is 0 Å². The monoisotopic (exact) mass is 390 g/mol. The number of nitrogens with zero attached hydrogens (tertiary/aromatic N) is 2. The molecule has 0 aromatic heterocycles. The number of carbonyl (C=O) groups is 2. The summed E-state index contributed by atoms with van der Waals surface area (Å²) < 4.78 is 0. The molecular formula is C25H30N2O2. The molecule has 1 atom stereocenters. The Morgan fingerprint density at radius 2 is 1.24 bits per heavy atom. The summed E-state index contributed by atoms with van der Waals surface area (Å²) in [4.78, 5) is 29.1. The number of hydrogen-bond acceptors (Lipinski definition) is 4. The third kappa shape index (κ3) is 5.44. The summed E-state index contributed by atoms with van der Waals surface area (Å²) in [6, 6.07) is 16.1. The number of ketones is 2. The molecule has 2 aromatic carbocycles. The van der Waals surface area contributed by atoms with Crippen molar-refractivity contribution in [2.24, 2.45) is 5.92 Å². The van der Waals surface area contributed by atoms with Crippen molar-refractivity contribution in [1.29, 1.82) is 0 Å². The maximum Gasteiger partial charge on any atom is 0.167 e. The van der Waals surface area contributed by atoms with Crippen molar-refractivity contribution in [1.82, 2.24) is 0 Å².